The van der Waals surface area contributed by atoms with Gasteiger partial charge in [-0.3, -0.25) is 4.79 Å². The molecular formula is C25H24N2O2. The molecule has 0 saturated carbocycles. The van der Waals surface area contributed by atoms with Gasteiger partial charge in [0.15, 0.2) is 0 Å². The predicted molar refractivity (Wildman–Crippen MR) is 116 cm³/mol. The van der Waals surface area contributed by atoms with Gasteiger partial charge < -0.3 is 14.6 Å². The van der Waals surface area contributed by atoms with Gasteiger partial charge in [0.2, 0.25) is 5.91 Å². The van der Waals surface area contributed by atoms with Crippen LogP contribution in [0.3, 0.4) is 0 Å². The third-order valence-electron chi connectivity index (χ3n) is 5.07. The van der Waals surface area contributed by atoms with E-state index in [1.807, 2.05) is 42.5 Å². The lowest BCUT2D eigenvalue weighted by Crippen LogP contribution is -2.24. The van der Waals surface area contributed by atoms with Crippen LogP contribution in [0.15, 0.2) is 85.1 Å². The van der Waals surface area contributed by atoms with Gasteiger partial charge in [0.05, 0.1) is 13.5 Å². The molecule has 4 rings (SSSR count). The van der Waals surface area contributed by atoms with Crippen molar-refractivity contribution in [1.29, 1.82) is 0 Å². The molecule has 0 aliphatic rings. The Morgan fingerprint density at radius 2 is 1.62 bits per heavy atom. The van der Waals surface area contributed by atoms with Crippen molar-refractivity contribution in [2.24, 2.45) is 0 Å². The van der Waals surface area contributed by atoms with Gasteiger partial charge in [-0.1, -0.05) is 60.7 Å². The van der Waals surface area contributed by atoms with Gasteiger partial charge in [0.25, 0.3) is 0 Å². The van der Waals surface area contributed by atoms with Crippen LogP contribution in [0.4, 0.5) is 0 Å². The predicted octanol–water partition coefficient (Wildman–Crippen LogP) is 4.56. The lowest BCUT2D eigenvalue weighted by molar-refractivity contribution is -0.120. The summed E-state index contributed by atoms with van der Waals surface area (Å²) in [5.41, 5.74) is 4.48. The van der Waals surface area contributed by atoms with Crippen LogP contribution in [-0.4, -0.2) is 17.6 Å². The van der Waals surface area contributed by atoms with Crippen LogP contribution in [-0.2, 0) is 24.3 Å². The molecule has 0 aliphatic carbocycles. The summed E-state index contributed by atoms with van der Waals surface area (Å²) < 4.78 is 7.39. The molecule has 0 atom stereocenters. The highest BCUT2D eigenvalue weighted by Gasteiger charge is 2.12. The maximum atomic E-state index is 12.6. The zero-order valence-corrected chi connectivity index (χ0v) is 16.5. The number of aromatic nitrogens is 1. The molecule has 0 unspecified atom stereocenters. The molecule has 4 heteroatoms. The standard InChI is InChI=1S/C25H24N2O2/c1-29-22-13-11-19(12-14-22)16-26-25(28)15-21-18-27(17-20-7-3-2-4-8-20)24-10-6-5-9-23(21)24/h2-14,18H,15-17H2,1H3,(H,26,28). The number of benzene rings is 3. The number of amides is 1. The molecule has 146 valence electrons. The molecular weight excluding hydrogens is 360 g/mol. The largest absolute Gasteiger partial charge is 0.497 e. The number of hydrogen-bond acceptors (Lipinski definition) is 2. The van der Waals surface area contributed by atoms with Crippen molar-refractivity contribution in [3.8, 4) is 5.75 Å². The zero-order chi connectivity index (χ0) is 20.1. The Kier molecular flexibility index (Phi) is 5.61. The molecule has 0 aliphatic heterocycles. The van der Waals surface area contributed by atoms with Crippen molar-refractivity contribution in [3.63, 3.8) is 0 Å². The second-order valence-electron chi connectivity index (χ2n) is 7.09. The summed E-state index contributed by atoms with van der Waals surface area (Å²) in [6, 6.07) is 26.4. The Morgan fingerprint density at radius 3 is 2.38 bits per heavy atom. The van der Waals surface area contributed by atoms with Crippen molar-refractivity contribution < 1.29 is 9.53 Å². The Labute approximate surface area is 170 Å². The Balaban J connectivity index is 1.47. The average Bonchev–Trinajstić information content (AvgIpc) is 3.10. The molecule has 0 radical (unpaired) electrons. The molecule has 4 aromatic rings. The summed E-state index contributed by atoms with van der Waals surface area (Å²) >= 11 is 0. The van der Waals surface area contributed by atoms with E-state index in [1.165, 1.54) is 5.56 Å². The third-order valence-corrected chi connectivity index (χ3v) is 5.07. The minimum absolute atomic E-state index is 0.0171. The number of ether oxygens (including phenoxy) is 1. The minimum atomic E-state index is 0.0171. The lowest BCUT2D eigenvalue weighted by atomic mass is 10.1. The first-order chi connectivity index (χ1) is 14.2. The molecule has 29 heavy (non-hydrogen) atoms. The molecule has 1 amide bonds. The van der Waals surface area contributed by atoms with Gasteiger partial charge in [-0.05, 0) is 34.9 Å². The number of fused-ring (bicyclic) bond motifs is 1. The second-order valence-corrected chi connectivity index (χ2v) is 7.09. The highest BCUT2D eigenvalue weighted by molar-refractivity contribution is 5.89. The fraction of sp³-hybridized carbons (Fsp3) is 0.160. The van der Waals surface area contributed by atoms with Gasteiger partial charge in [-0.2, -0.15) is 0 Å². The maximum Gasteiger partial charge on any atom is 0.224 e. The topological polar surface area (TPSA) is 43.3 Å². The Bertz CT molecular complexity index is 1100. The van der Waals surface area contributed by atoms with E-state index in [0.717, 1.165) is 34.3 Å². The lowest BCUT2D eigenvalue weighted by Gasteiger charge is -2.06. The maximum absolute atomic E-state index is 12.6. The van der Waals surface area contributed by atoms with Crippen LogP contribution in [0.1, 0.15) is 16.7 Å². The summed E-state index contributed by atoms with van der Waals surface area (Å²) in [5.74, 6) is 0.828. The molecule has 3 aromatic carbocycles. The molecule has 0 saturated heterocycles. The molecule has 1 aromatic heterocycles. The Hall–Kier alpha value is -3.53. The summed E-state index contributed by atoms with van der Waals surface area (Å²) in [4.78, 5) is 12.6. The zero-order valence-electron chi connectivity index (χ0n) is 16.5. The summed E-state index contributed by atoms with van der Waals surface area (Å²) in [5, 5.41) is 4.15. The molecule has 0 fully saturated rings. The van der Waals surface area contributed by atoms with Crippen LogP contribution in [0.2, 0.25) is 0 Å². The van der Waals surface area contributed by atoms with E-state index in [9.17, 15) is 4.79 Å². The van der Waals surface area contributed by atoms with E-state index >= 15 is 0 Å². The number of nitrogens with zero attached hydrogens (tertiary/aromatic N) is 1. The van der Waals surface area contributed by atoms with E-state index in [4.69, 9.17) is 4.74 Å². The minimum Gasteiger partial charge on any atom is -0.497 e. The second kappa shape index (κ2) is 8.65. The Morgan fingerprint density at radius 1 is 0.897 bits per heavy atom. The van der Waals surface area contributed by atoms with Crippen LogP contribution in [0.5, 0.6) is 5.75 Å². The summed E-state index contributed by atoms with van der Waals surface area (Å²) in [7, 11) is 1.64. The van der Waals surface area contributed by atoms with Crippen molar-refractivity contribution in [1.82, 2.24) is 9.88 Å². The number of rotatable bonds is 7. The number of hydrogen-bond donors (Lipinski definition) is 1. The van der Waals surface area contributed by atoms with Crippen molar-refractivity contribution in [3.05, 3.63) is 102 Å². The van der Waals surface area contributed by atoms with Crippen LogP contribution in [0.25, 0.3) is 10.9 Å². The number of nitrogens with one attached hydrogen (secondary N) is 1. The first kappa shape index (κ1) is 18.8. The molecule has 4 nitrogen and oxygen atoms in total. The van der Waals surface area contributed by atoms with Crippen LogP contribution >= 0.6 is 0 Å². The van der Waals surface area contributed by atoms with Crippen molar-refractivity contribution in [2.75, 3.05) is 7.11 Å². The van der Waals surface area contributed by atoms with E-state index in [2.05, 4.69) is 52.5 Å². The highest BCUT2D eigenvalue weighted by atomic mass is 16.5. The van der Waals surface area contributed by atoms with Gasteiger partial charge >= 0.3 is 0 Å². The van der Waals surface area contributed by atoms with E-state index in [0.29, 0.717) is 13.0 Å². The van der Waals surface area contributed by atoms with Gasteiger partial charge in [0.1, 0.15) is 5.75 Å². The van der Waals surface area contributed by atoms with Crippen LogP contribution < -0.4 is 10.1 Å². The smallest absolute Gasteiger partial charge is 0.224 e. The van der Waals surface area contributed by atoms with Gasteiger partial charge in [-0.15, -0.1) is 0 Å². The number of methoxy groups -OCH3 is 1. The van der Waals surface area contributed by atoms with Gasteiger partial charge in [-0.25, -0.2) is 0 Å². The van der Waals surface area contributed by atoms with Gasteiger partial charge in [0, 0.05) is 30.2 Å². The first-order valence-electron chi connectivity index (χ1n) is 9.73. The third kappa shape index (κ3) is 4.49. The average molecular weight is 384 g/mol. The summed E-state index contributed by atoms with van der Waals surface area (Å²) in [6.07, 6.45) is 2.46. The van der Waals surface area contributed by atoms with E-state index in [1.54, 1.807) is 7.11 Å². The molecule has 0 bridgehead atoms. The molecule has 1 heterocycles. The quantitative estimate of drug-likeness (QED) is 0.508. The van der Waals surface area contributed by atoms with Crippen LogP contribution in [0, 0.1) is 0 Å². The normalized spacial score (nSPS) is 10.8. The SMILES string of the molecule is COc1ccc(CNC(=O)Cc2cn(Cc3ccccc3)c3ccccc23)cc1. The number of para-hydroxylation sites is 1. The van der Waals surface area contributed by atoms with E-state index in [-0.39, 0.29) is 5.91 Å². The summed E-state index contributed by atoms with van der Waals surface area (Å²) in [6.45, 7) is 1.29. The molecule has 1 N–H and O–H groups in total. The van der Waals surface area contributed by atoms with Crippen molar-refractivity contribution in [2.45, 2.75) is 19.5 Å². The van der Waals surface area contributed by atoms with E-state index < -0.39 is 0 Å². The monoisotopic (exact) mass is 384 g/mol. The number of carbonyl (C=O) groups excluding carboxylic acids is 1. The molecule has 0 spiro atoms. The fourth-order valence-corrected chi connectivity index (χ4v) is 3.55. The first-order valence-corrected chi connectivity index (χ1v) is 9.73. The van der Waals surface area contributed by atoms with Crippen molar-refractivity contribution >= 4 is 16.8 Å². The highest BCUT2D eigenvalue weighted by Crippen LogP contribution is 2.23. The number of carbonyl (C=O) groups is 1. The fourth-order valence-electron chi connectivity index (χ4n) is 3.55.